The number of carbonyl (C=O) groups is 1. The number of H-pyrrole nitrogens is 1. The molecule has 2 heterocycles. The summed E-state index contributed by atoms with van der Waals surface area (Å²) in [4.78, 5) is 34.0. The molecule has 0 radical (unpaired) electrons. The third-order valence-electron chi connectivity index (χ3n) is 4.96. The van der Waals surface area contributed by atoms with Crippen LogP contribution in [0.25, 0.3) is 5.78 Å². The maximum Gasteiger partial charge on any atom is 0.277 e. The van der Waals surface area contributed by atoms with Gasteiger partial charge in [0.25, 0.3) is 11.3 Å². The van der Waals surface area contributed by atoms with E-state index in [1.165, 1.54) is 10.8 Å². The van der Waals surface area contributed by atoms with Gasteiger partial charge in [0, 0.05) is 11.1 Å². The Morgan fingerprint density at radius 3 is 2.67 bits per heavy atom. The van der Waals surface area contributed by atoms with Crippen molar-refractivity contribution in [2.45, 2.75) is 19.4 Å². The average Bonchev–Trinajstić information content (AvgIpc) is 3.24. The molecule has 2 N–H and O–H groups in total. The fourth-order valence-electron chi connectivity index (χ4n) is 3.46. The normalized spacial score (nSPS) is 11.9. The Balaban J connectivity index is 1.67. The molecule has 0 aliphatic rings. The number of aryl methyl sites for hydroxylation is 1. The number of ether oxygens (including phenoxy) is 1. The van der Waals surface area contributed by atoms with E-state index < -0.39 is 6.04 Å². The molecule has 8 nitrogen and oxygen atoms in total. The Kier molecular flexibility index (Phi) is 5.30. The lowest BCUT2D eigenvalue weighted by atomic mass is 9.97. The van der Waals surface area contributed by atoms with Gasteiger partial charge >= 0.3 is 0 Å². The molecule has 2 aromatic heterocycles. The van der Waals surface area contributed by atoms with Crippen LogP contribution in [0.2, 0.25) is 0 Å². The van der Waals surface area contributed by atoms with Crippen LogP contribution in [0.3, 0.4) is 0 Å². The topological polar surface area (TPSA) is 101 Å². The second-order valence-electron chi connectivity index (χ2n) is 6.83. The average molecular weight is 403 g/mol. The predicted octanol–water partition coefficient (Wildman–Crippen LogP) is 2.18. The van der Waals surface area contributed by atoms with Crippen LogP contribution in [0, 0.1) is 6.92 Å². The molecule has 0 unspecified atom stereocenters. The highest BCUT2D eigenvalue weighted by atomic mass is 16.5. The van der Waals surface area contributed by atoms with Crippen LogP contribution < -0.4 is 15.6 Å². The highest BCUT2D eigenvalue weighted by molar-refractivity contribution is 5.80. The smallest absolute Gasteiger partial charge is 0.277 e. The third kappa shape index (κ3) is 3.67. The molecular weight excluding hydrogens is 382 g/mol. The largest absolute Gasteiger partial charge is 0.496 e. The molecule has 0 aliphatic carbocycles. The molecule has 0 bridgehead atoms. The Hall–Kier alpha value is -3.94. The summed E-state index contributed by atoms with van der Waals surface area (Å²) in [5, 5.41) is 5.77. The second-order valence-corrected chi connectivity index (χ2v) is 6.83. The molecule has 0 saturated heterocycles. The highest BCUT2D eigenvalue weighted by Crippen LogP contribution is 2.29. The number of carbonyl (C=O) groups excluding carboxylic acids is 1. The fourth-order valence-corrected chi connectivity index (χ4v) is 3.46. The number of aromatic amines is 1. The van der Waals surface area contributed by atoms with Crippen LogP contribution in [-0.2, 0) is 11.2 Å². The van der Waals surface area contributed by atoms with Crippen LogP contribution in [-0.4, -0.2) is 32.6 Å². The zero-order chi connectivity index (χ0) is 21.1. The first-order chi connectivity index (χ1) is 14.6. The first kappa shape index (κ1) is 19.4. The number of amides is 1. The van der Waals surface area contributed by atoms with E-state index >= 15 is 0 Å². The molecule has 1 atom stereocenters. The van der Waals surface area contributed by atoms with E-state index in [1.54, 1.807) is 14.0 Å². The van der Waals surface area contributed by atoms with E-state index in [0.29, 0.717) is 17.0 Å². The number of hydrogen-bond acceptors (Lipinski definition) is 5. The summed E-state index contributed by atoms with van der Waals surface area (Å²) in [6.07, 6.45) is 1.29. The van der Waals surface area contributed by atoms with Gasteiger partial charge in [0.15, 0.2) is 0 Å². The van der Waals surface area contributed by atoms with E-state index in [4.69, 9.17) is 4.74 Å². The van der Waals surface area contributed by atoms with Crippen molar-refractivity contribution in [3.63, 3.8) is 0 Å². The molecule has 152 valence electrons. The lowest BCUT2D eigenvalue weighted by molar-refractivity contribution is -0.121. The minimum absolute atomic E-state index is 0.0991. The van der Waals surface area contributed by atoms with Crippen molar-refractivity contribution >= 4 is 11.7 Å². The highest BCUT2D eigenvalue weighted by Gasteiger charge is 2.22. The lowest BCUT2D eigenvalue weighted by Gasteiger charge is -2.22. The van der Waals surface area contributed by atoms with Crippen LogP contribution >= 0.6 is 0 Å². The standard InChI is InChI=1S/C22H21N5O3/c1-14-17(21(29)27-22(25-14)23-13-24-27)12-19(28)26-20(15-8-4-3-5-9-15)16-10-6-7-11-18(16)30-2/h3-11,13,20H,12H2,1-2H3,(H,26,28)(H,23,24,25)/t20-/m1/s1. The van der Waals surface area contributed by atoms with Gasteiger partial charge in [-0.05, 0) is 18.6 Å². The van der Waals surface area contributed by atoms with Crippen LogP contribution in [0.5, 0.6) is 5.75 Å². The van der Waals surface area contributed by atoms with Gasteiger partial charge in [0.2, 0.25) is 5.91 Å². The minimum Gasteiger partial charge on any atom is -0.496 e. The van der Waals surface area contributed by atoms with Gasteiger partial charge in [-0.3, -0.25) is 14.7 Å². The maximum absolute atomic E-state index is 13.0. The maximum atomic E-state index is 13.0. The Morgan fingerprint density at radius 1 is 1.17 bits per heavy atom. The zero-order valence-corrected chi connectivity index (χ0v) is 16.6. The van der Waals surface area contributed by atoms with Crippen molar-refractivity contribution in [2.75, 3.05) is 7.11 Å². The van der Waals surface area contributed by atoms with Crippen LogP contribution in [0.15, 0.2) is 65.7 Å². The third-order valence-corrected chi connectivity index (χ3v) is 4.96. The molecule has 0 aliphatic heterocycles. The van der Waals surface area contributed by atoms with Crippen molar-refractivity contribution in [1.29, 1.82) is 0 Å². The van der Waals surface area contributed by atoms with Crippen molar-refractivity contribution in [2.24, 2.45) is 0 Å². The van der Waals surface area contributed by atoms with Crippen LogP contribution in [0.1, 0.15) is 28.4 Å². The zero-order valence-electron chi connectivity index (χ0n) is 16.6. The number of aromatic nitrogens is 4. The number of nitrogens with one attached hydrogen (secondary N) is 2. The van der Waals surface area contributed by atoms with Gasteiger partial charge in [0.1, 0.15) is 12.1 Å². The fraction of sp³-hybridized carbons (Fsp3) is 0.182. The van der Waals surface area contributed by atoms with Crippen molar-refractivity contribution < 1.29 is 9.53 Å². The monoisotopic (exact) mass is 403 g/mol. The van der Waals surface area contributed by atoms with Gasteiger partial charge in [0.05, 0.1) is 25.3 Å². The summed E-state index contributed by atoms with van der Waals surface area (Å²) in [5.74, 6) is 0.650. The quantitative estimate of drug-likeness (QED) is 0.514. The van der Waals surface area contributed by atoms with E-state index in [-0.39, 0.29) is 23.7 Å². The number of hydrogen-bond donors (Lipinski definition) is 2. The van der Waals surface area contributed by atoms with Gasteiger partial charge in [-0.2, -0.15) is 4.52 Å². The summed E-state index contributed by atoms with van der Waals surface area (Å²) in [7, 11) is 1.60. The summed E-state index contributed by atoms with van der Waals surface area (Å²) >= 11 is 0. The number of benzene rings is 2. The molecule has 2 aromatic carbocycles. The van der Waals surface area contributed by atoms with Gasteiger partial charge in [-0.15, -0.1) is 0 Å². The van der Waals surface area contributed by atoms with Crippen molar-refractivity contribution in [3.05, 3.63) is 93.7 Å². The van der Waals surface area contributed by atoms with Gasteiger partial charge in [-0.1, -0.05) is 48.5 Å². The molecule has 4 rings (SSSR count). The molecule has 4 aromatic rings. The predicted molar refractivity (Wildman–Crippen MR) is 111 cm³/mol. The molecule has 0 fully saturated rings. The van der Waals surface area contributed by atoms with E-state index in [0.717, 1.165) is 11.1 Å². The van der Waals surface area contributed by atoms with E-state index in [2.05, 4.69) is 20.4 Å². The number of methoxy groups -OCH3 is 1. The molecule has 30 heavy (non-hydrogen) atoms. The Bertz CT molecular complexity index is 1250. The number of nitrogens with zero attached hydrogens (tertiary/aromatic N) is 3. The van der Waals surface area contributed by atoms with Crippen molar-refractivity contribution in [3.8, 4) is 5.75 Å². The molecule has 0 saturated carbocycles. The Labute approximate surface area is 172 Å². The van der Waals surface area contributed by atoms with E-state index in [1.807, 2.05) is 54.6 Å². The van der Waals surface area contributed by atoms with E-state index in [9.17, 15) is 9.59 Å². The first-order valence-corrected chi connectivity index (χ1v) is 9.47. The van der Waals surface area contributed by atoms with Gasteiger partial charge < -0.3 is 10.1 Å². The summed E-state index contributed by atoms with van der Waals surface area (Å²) < 4.78 is 6.73. The van der Waals surface area contributed by atoms with Gasteiger partial charge in [-0.25, -0.2) is 9.97 Å². The summed E-state index contributed by atoms with van der Waals surface area (Å²) in [6.45, 7) is 1.70. The molecule has 0 spiro atoms. The summed E-state index contributed by atoms with van der Waals surface area (Å²) in [6, 6.07) is 16.7. The molecular formula is C22H21N5O3. The number of rotatable bonds is 6. The first-order valence-electron chi connectivity index (χ1n) is 9.47. The van der Waals surface area contributed by atoms with Crippen LogP contribution in [0.4, 0.5) is 0 Å². The van der Waals surface area contributed by atoms with Crippen molar-refractivity contribution in [1.82, 2.24) is 24.9 Å². The number of para-hydroxylation sites is 1. The summed E-state index contributed by atoms with van der Waals surface area (Å²) in [5.41, 5.74) is 2.21. The SMILES string of the molecule is COc1ccccc1[C@H](NC(=O)Cc1c(C)nc2nc[nH]n2c1=O)c1ccccc1. The lowest BCUT2D eigenvalue weighted by Crippen LogP contribution is -2.33. The minimum atomic E-state index is -0.429. The number of fused-ring (bicyclic) bond motifs is 1. The molecule has 8 heteroatoms. The second kappa shape index (κ2) is 8.20. The Morgan fingerprint density at radius 2 is 1.90 bits per heavy atom. The molecule has 1 amide bonds.